The van der Waals surface area contributed by atoms with Gasteiger partial charge >= 0.3 is 0 Å². The number of benzene rings is 1. The lowest BCUT2D eigenvalue weighted by Gasteiger charge is -2.06. The Morgan fingerprint density at radius 3 is 2.61 bits per heavy atom. The number of hydrogen-bond acceptors (Lipinski definition) is 5. The zero-order valence-electron chi connectivity index (χ0n) is 9.45. The fourth-order valence-electron chi connectivity index (χ4n) is 1.46. The van der Waals surface area contributed by atoms with Gasteiger partial charge in [-0.15, -0.1) is 5.10 Å². The molecular formula is C11H12N4O3. The van der Waals surface area contributed by atoms with Crippen LogP contribution in [-0.4, -0.2) is 37.7 Å². The Morgan fingerprint density at radius 1 is 1.28 bits per heavy atom. The molecule has 0 fully saturated rings. The van der Waals surface area contributed by atoms with Gasteiger partial charge in [-0.3, -0.25) is 9.48 Å². The number of nitrogens with zero attached hydrogens (tertiary/aromatic N) is 3. The van der Waals surface area contributed by atoms with E-state index in [9.17, 15) is 15.0 Å². The van der Waals surface area contributed by atoms with Crippen LogP contribution in [0.2, 0.25) is 0 Å². The molecule has 7 heteroatoms. The number of aromatic nitrogens is 3. The summed E-state index contributed by atoms with van der Waals surface area (Å²) in [6.45, 7) is 0.870. The molecule has 0 atom stereocenters. The van der Waals surface area contributed by atoms with E-state index in [0.29, 0.717) is 13.1 Å². The highest BCUT2D eigenvalue weighted by Crippen LogP contribution is 2.20. The minimum atomic E-state index is -0.374. The Morgan fingerprint density at radius 2 is 2.00 bits per heavy atom. The van der Waals surface area contributed by atoms with E-state index < -0.39 is 0 Å². The first-order valence-electron chi connectivity index (χ1n) is 5.30. The molecule has 7 nitrogen and oxygen atoms in total. The van der Waals surface area contributed by atoms with E-state index in [1.54, 1.807) is 17.1 Å². The Labute approximate surface area is 103 Å². The summed E-state index contributed by atoms with van der Waals surface area (Å²) >= 11 is 0. The molecule has 0 bridgehead atoms. The minimum absolute atomic E-state index is 0.156. The predicted octanol–water partition coefficient (Wildman–Crippen LogP) is 0.119. The number of nitrogens with one attached hydrogen (secondary N) is 1. The molecule has 1 aromatic carbocycles. The molecule has 18 heavy (non-hydrogen) atoms. The Bertz CT molecular complexity index is 519. The van der Waals surface area contributed by atoms with Gasteiger partial charge in [-0.25, -0.2) is 0 Å². The number of rotatable bonds is 4. The second-order valence-corrected chi connectivity index (χ2v) is 3.66. The summed E-state index contributed by atoms with van der Waals surface area (Å²) < 4.78 is 1.58. The summed E-state index contributed by atoms with van der Waals surface area (Å²) in [6.07, 6.45) is 3.24. The first kappa shape index (κ1) is 11.9. The van der Waals surface area contributed by atoms with Crippen molar-refractivity contribution in [2.45, 2.75) is 6.54 Å². The standard InChI is InChI=1S/C11H12N4O3/c16-9-5-8(6-10(17)7-9)11(18)12-1-3-15-4-2-13-14-15/h2,4-7,16-17H,1,3H2,(H,12,18). The molecule has 3 N–H and O–H groups in total. The molecule has 0 saturated carbocycles. The summed E-state index contributed by atoms with van der Waals surface area (Å²) in [5, 5.41) is 28.5. The van der Waals surface area contributed by atoms with Crippen molar-refractivity contribution in [2.75, 3.05) is 6.54 Å². The van der Waals surface area contributed by atoms with Crippen molar-refractivity contribution in [1.82, 2.24) is 20.3 Å². The molecule has 0 aliphatic heterocycles. The van der Waals surface area contributed by atoms with Crippen LogP contribution in [0.15, 0.2) is 30.6 Å². The Balaban J connectivity index is 1.91. The van der Waals surface area contributed by atoms with Crippen LogP contribution in [0, 0.1) is 0 Å². The van der Waals surface area contributed by atoms with E-state index in [0.717, 1.165) is 6.07 Å². The van der Waals surface area contributed by atoms with E-state index in [-0.39, 0.29) is 23.0 Å². The van der Waals surface area contributed by atoms with E-state index in [1.807, 2.05) is 0 Å². The second-order valence-electron chi connectivity index (χ2n) is 3.66. The van der Waals surface area contributed by atoms with Crippen LogP contribution < -0.4 is 5.32 Å². The molecule has 2 aromatic rings. The van der Waals surface area contributed by atoms with Gasteiger partial charge in [0.2, 0.25) is 0 Å². The monoisotopic (exact) mass is 248 g/mol. The summed E-state index contributed by atoms with van der Waals surface area (Å²) in [6, 6.07) is 3.72. The van der Waals surface area contributed by atoms with Gasteiger partial charge in [0.05, 0.1) is 12.7 Å². The highest BCUT2D eigenvalue weighted by atomic mass is 16.3. The van der Waals surface area contributed by atoms with Crippen LogP contribution in [0.5, 0.6) is 11.5 Å². The molecule has 0 spiro atoms. The zero-order chi connectivity index (χ0) is 13.0. The molecule has 0 radical (unpaired) electrons. The van der Waals surface area contributed by atoms with Gasteiger partial charge in [-0.1, -0.05) is 5.21 Å². The van der Waals surface area contributed by atoms with E-state index >= 15 is 0 Å². The number of carbonyl (C=O) groups excluding carboxylic acids is 1. The number of phenolic OH excluding ortho intramolecular Hbond substituents is 2. The third kappa shape index (κ3) is 2.97. The quantitative estimate of drug-likeness (QED) is 0.713. The maximum absolute atomic E-state index is 11.7. The van der Waals surface area contributed by atoms with Crippen LogP contribution in [0.3, 0.4) is 0 Å². The molecule has 0 aliphatic carbocycles. The van der Waals surface area contributed by atoms with Crippen molar-refractivity contribution in [3.63, 3.8) is 0 Å². The lowest BCUT2D eigenvalue weighted by molar-refractivity contribution is 0.0951. The molecular weight excluding hydrogens is 236 g/mol. The molecule has 94 valence electrons. The largest absolute Gasteiger partial charge is 0.508 e. The molecule has 2 rings (SSSR count). The average Bonchev–Trinajstić information content (AvgIpc) is 2.80. The number of carbonyl (C=O) groups is 1. The van der Waals surface area contributed by atoms with Crippen molar-refractivity contribution >= 4 is 5.91 Å². The predicted molar refractivity (Wildman–Crippen MR) is 62.1 cm³/mol. The number of phenols is 2. The fourth-order valence-corrected chi connectivity index (χ4v) is 1.46. The van der Waals surface area contributed by atoms with Crippen LogP contribution >= 0.6 is 0 Å². The van der Waals surface area contributed by atoms with Gasteiger partial charge in [0.1, 0.15) is 11.5 Å². The first-order chi connectivity index (χ1) is 8.65. The minimum Gasteiger partial charge on any atom is -0.508 e. The first-order valence-corrected chi connectivity index (χ1v) is 5.30. The van der Waals surface area contributed by atoms with Crippen molar-refractivity contribution in [2.24, 2.45) is 0 Å². The van der Waals surface area contributed by atoms with Crippen molar-refractivity contribution in [3.05, 3.63) is 36.2 Å². The summed E-state index contributed by atoms with van der Waals surface area (Å²) in [5.74, 6) is -0.686. The fraction of sp³-hybridized carbons (Fsp3) is 0.182. The van der Waals surface area contributed by atoms with Gasteiger partial charge < -0.3 is 15.5 Å². The van der Waals surface area contributed by atoms with Gasteiger partial charge in [-0.05, 0) is 12.1 Å². The van der Waals surface area contributed by atoms with Gasteiger partial charge in [-0.2, -0.15) is 0 Å². The zero-order valence-corrected chi connectivity index (χ0v) is 9.45. The summed E-state index contributed by atoms with van der Waals surface area (Å²) in [5.41, 5.74) is 0.200. The smallest absolute Gasteiger partial charge is 0.251 e. The number of hydrogen-bond donors (Lipinski definition) is 3. The molecule has 1 amide bonds. The SMILES string of the molecule is O=C(NCCn1ccnn1)c1cc(O)cc(O)c1. The molecule has 1 heterocycles. The maximum Gasteiger partial charge on any atom is 0.251 e. The highest BCUT2D eigenvalue weighted by molar-refractivity contribution is 5.94. The third-order valence-corrected chi connectivity index (χ3v) is 2.26. The summed E-state index contributed by atoms with van der Waals surface area (Å²) in [4.78, 5) is 11.7. The number of aromatic hydroxyl groups is 2. The molecule has 0 saturated heterocycles. The van der Waals surface area contributed by atoms with E-state index in [2.05, 4.69) is 15.6 Å². The number of amides is 1. The topological polar surface area (TPSA) is 100 Å². The third-order valence-electron chi connectivity index (χ3n) is 2.26. The summed E-state index contributed by atoms with van der Waals surface area (Å²) in [7, 11) is 0. The van der Waals surface area contributed by atoms with Crippen LogP contribution in [-0.2, 0) is 6.54 Å². The van der Waals surface area contributed by atoms with Crippen molar-refractivity contribution in [3.8, 4) is 11.5 Å². The molecule has 1 aromatic heterocycles. The van der Waals surface area contributed by atoms with Crippen LogP contribution in [0.1, 0.15) is 10.4 Å². The average molecular weight is 248 g/mol. The molecule has 0 aliphatic rings. The van der Waals surface area contributed by atoms with E-state index in [1.165, 1.54) is 12.1 Å². The van der Waals surface area contributed by atoms with Gasteiger partial charge in [0, 0.05) is 24.4 Å². The van der Waals surface area contributed by atoms with Gasteiger partial charge in [0.25, 0.3) is 5.91 Å². The second kappa shape index (κ2) is 5.17. The van der Waals surface area contributed by atoms with Crippen molar-refractivity contribution in [1.29, 1.82) is 0 Å². The van der Waals surface area contributed by atoms with Gasteiger partial charge in [0.15, 0.2) is 0 Å². The lowest BCUT2D eigenvalue weighted by Crippen LogP contribution is -2.27. The maximum atomic E-state index is 11.7. The molecule has 0 unspecified atom stereocenters. The Kier molecular flexibility index (Phi) is 3.42. The Hall–Kier alpha value is -2.57. The normalized spacial score (nSPS) is 10.2. The van der Waals surface area contributed by atoms with Crippen LogP contribution in [0.4, 0.5) is 0 Å². The lowest BCUT2D eigenvalue weighted by atomic mass is 10.2. The van der Waals surface area contributed by atoms with E-state index in [4.69, 9.17) is 0 Å². The van der Waals surface area contributed by atoms with Crippen molar-refractivity contribution < 1.29 is 15.0 Å². The highest BCUT2D eigenvalue weighted by Gasteiger charge is 2.07. The van der Waals surface area contributed by atoms with Crippen LogP contribution in [0.25, 0.3) is 0 Å².